The molecule has 1 amide bonds. The Morgan fingerprint density at radius 2 is 0.708 bits per heavy atom. The van der Waals surface area contributed by atoms with Gasteiger partial charge in [0.25, 0.3) is 5.24 Å². The van der Waals surface area contributed by atoms with Gasteiger partial charge in [0.05, 0.1) is 23.7 Å². The zero-order chi connectivity index (χ0) is 53.9. The van der Waals surface area contributed by atoms with Crippen LogP contribution in [-0.2, 0) is 57.2 Å². The zero-order valence-corrected chi connectivity index (χ0v) is 47.7. The first kappa shape index (κ1) is 68.6. The van der Waals surface area contributed by atoms with Crippen LogP contribution in [0.3, 0.4) is 0 Å². The first-order valence-electron chi connectivity index (χ1n) is 28.1. The number of amides is 1. The Hall–Kier alpha value is -3.40. The number of unbranched alkanes of at least 4 members (excludes halogenated alkanes) is 12. The van der Waals surface area contributed by atoms with Crippen molar-refractivity contribution in [1.29, 1.82) is 0 Å². The molecule has 420 valence electrons. The lowest BCUT2D eigenvalue weighted by molar-refractivity contribution is -0.169. The Morgan fingerprint density at radius 1 is 0.403 bits per heavy atom. The number of nitrogens with zero attached hydrogens (tertiary/aromatic N) is 2. The summed E-state index contributed by atoms with van der Waals surface area (Å²) >= 11 is 1.17. The summed E-state index contributed by atoms with van der Waals surface area (Å²) in [6, 6.07) is 0. The summed E-state index contributed by atoms with van der Waals surface area (Å²) in [5, 5.41) is -0.191. The van der Waals surface area contributed by atoms with Gasteiger partial charge >= 0.3 is 35.8 Å². The molecular formula is C56H102N2O13S. The molecular weight excluding hydrogens is 941 g/mol. The Bertz CT molecular complexity index is 1310. The van der Waals surface area contributed by atoms with E-state index in [0.29, 0.717) is 31.4 Å². The summed E-state index contributed by atoms with van der Waals surface area (Å²) in [7, 11) is 3.93. The van der Waals surface area contributed by atoms with Gasteiger partial charge in [-0.05, 0) is 65.6 Å². The third kappa shape index (κ3) is 37.3. The molecule has 0 aromatic carbocycles. The van der Waals surface area contributed by atoms with E-state index in [1.54, 1.807) is 4.90 Å². The maximum atomic E-state index is 13.6. The van der Waals surface area contributed by atoms with Crippen molar-refractivity contribution in [1.82, 2.24) is 9.80 Å². The molecule has 4 atom stereocenters. The molecule has 0 rings (SSSR count). The molecule has 0 fully saturated rings. The zero-order valence-electron chi connectivity index (χ0n) is 46.9. The van der Waals surface area contributed by atoms with Gasteiger partial charge in [-0.25, -0.2) is 0 Å². The van der Waals surface area contributed by atoms with Crippen molar-refractivity contribution >= 4 is 52.8 Å². The van der Waals surface area contributed by atoms with Gasteiger partial charge in [-0.3, -0.25) is 33.6 Å². The van der Waals surface area contributed by atoms with Crippen molar-refractivity contribution in [3.05, 3.63) is 0 Å². The number of rotatable bonds is 46. The number of ether oxygens (including phenoxy) is 6. The van der Waals surface area contributed by atoms with Crippen LogP contribution in [0.2, 0.25) is 0 Å². The van der Waals surface area contributed by atoms with Crippen LogP contribution in [0, 0.1) is 23.7 Å². The van der Waals surface area contributed by atoms with E-state index in [1.807, 2.05) is 46.7 Å². The standard InChI is InChI=1S/C56H102N2O13S/c1-11-15-19-23-30-44(5)52(61)66-40-48(41-67-53(62)45(6)31-24-20-16-12-2)70-50(59)34-27-37-58(56(65)72-39-29-36-57(9)10)38-28-35-51(60)71-49(42-68-54(63)46(7)32-25-21-17-13-3)43-69-55(64)47(8)33-26-22-18-14-4/h44-49H,11-43H2,1-10H3. The highest BCUT2D eigenvalue weighted by atomic mass is 32.2. The molecule has 0 aliphatic carbocycles. The molecule has 0 bridgehead atoms. The largest absolute Gasteiger partial charge is 0.461 e. The van der Waals surface area contributed by atoms with E-state index in [1.165, 1.54) is 11.8 Å². The van der Waals surface area contributed by atoms with Crippen LogP contribution in [0.4, 0.5) is 4.79 Å². The van der Waals surface area contributed by atoms with E-state index in [4.69, 9.17) is 28.4 Å². The minimum atomic E-state index is -1.00. The van der Waals surface area contributed by atoms with E-state index in [0.717, 1.165) is 116 Å². The smallest absolute Gasteiger partial charge is 0.308 e. The van der Waals surface area contributed by atoms with Crippen molar-refractivity contribution < 1.29 is 62.0 Å². The molecule has 72 heavy (non-hydrogen) atoms. The Morgan fingerprint density at radius 3 is 0.986 bits per heavy atom. The molecule has 0 N–H and O–H groups in total. The molecule has 0 spiro atoms. The van der Waals surface area contributed by atoms with Gasteiger partial charge in [0, 0.05) is 31.7 Å². The normalized spacial score (nSPS) is 13.8. The minimum absolute atomic E-state index is 0.0645. The van der Waals surface area contributed by atoms with Crippen molar-refractivity contribution in [2.45, 2.75) is 228 Å². The average Bonchev–Trinajstić information content (AvgIpc) is 3.35. The number of carbonyl (C=O) groups excluding carboxylic acids is 7. The Kier molecular flexibility index (Phi) is 42.9. The Labute approximate surface area is 440 Å². The van der Waals surface area contributed by atoms with Gasteiger partial charge in [-0.15, -0.1) is 0 Å². The van der Waals surface area contributed by atoms with Gasteiger partial charge in [0.15, 0.2) is 12.2 Å². The second-order valence-corrected chi connectivity index (χ2v) is 21.3. The first-order valence-corrected chi connectivity index (χ1v) is 29.1. The van der Waals surface area contributed by atoms with Gasteiger partial charge in [-0.1, -0.05) is 170 Å². The third-order valence-electron chi connectivity index (χ3n) is 12.7. The molecule has 15 nitrogen and oxygen atoms in total. The lowest BCUT2D eigenvalue weighted by Gasteiger charge is -2.23. The maximum absolute atomic E-state index is 13.6. The van der Waals surface area contributed by atoms with Crippen molar-refractivity contribution in [3.8, 4) is 0 Å². The van der Waals surface area contributed by atoms with Crippen LogP contribution < -0.4 is 0 Å². The highest BCUT2D eigenvalue weighted by Crippen LogP contribution is 2.19. The number of thioether (sulfide) groups is 1. The molecule has 0 saturated carbocycles. The van der Waals surface area contributed by atoms with Gasteiger partial charge in [-0.2, -0.15) is 0 Å². The quantitative estimate of drug-likeness (QED) is 0.0319. The van der Waals surface area contributed by atoms with Crippen molar-refractivity contribution in [2.24, 2.45) is 23.7 Å². The van der Waals surface area contributed by atoms with Crippen LogP contribution in [0.15, 0.2) is 0 Å². The lowest BCUT2D eigenvalue weighted by atomic mass is 10.0. The fraction of sp³-hybridized carbons (Fsp3) is 0.875. The highest BCUT2D eigenvalue weighted by molar-refractivity contribution is 8.13. The van der Waals surface area contributed by atoms with E-state index < -0.39 is 48.0 Å². The van der Waals surface area contributed by atoms with Crippen LogP contribution in [-0.4, -0.2) is 129 Å². The van der Waals surface area contributed by atoms with Crippen molar-refractivity contribution in [2.75, 3.05) is 65.9 Å². The number of hydrogen-bond acceptors (Lipinski definition) is 15. The summed E-state index contributed by atoms with van der Waals surface area (Å²) in [5.41, 5.74) is 0. The summed E-state index contributed by atoms with van der Waals surface area (Å²) in [6.45, 7) is 16.0. The second-order valence-electron chi connectivity index (χ2n) is 20.2. The van der Waals surface area contributed by atoms with Crippen LogP contribution in [0.5, 0.6) is 0 Å². The van der Waals surface area contributed by atoms with Gasteiger partial charge in [0.2, 0.25) is 0 Å². The molecule has 0 heterocycles. The summed E-state index contributed by atoms with van der Waals surface area (Å²) in [6.07, 6.45) is 18.4. The fourth-order valence-corrected chi connectivity index (χ4v) is 8.54. The SMILES string of the molecule is CCCCCCC(C)C(=O)OCC(COC(=O)C(C)CCCCCC)OC(=O)CCCN(CCCC(=O)OC(COC(=O)C(C)CCCCCC)COC(=O)C(C)CCCCCC)C(=O)SCCCN(C)C. The maximum Gasteiger partial charge on any atom is 0.308 e. The average molecular weight is 1040 g/mol. The third-order valence-corrected chi connectivity index (χ3v) is 13.7. The minimum Gasteiger partial charge on any atom is -0.461 e. The number of carbonyl (C=O) groups is 7. The fourth-order valence-electron chi connectivity index (χ4n) is 7.73. The monoisotopic (exact) mass is 1040 g/mol. The first-order chi connectivity index (χ1) is 34.5. The van der Waals surface area contributed by atoms with Crippen LogP contribution >= 0.6 is 11.8 Å². The predicted molar refractivity (Wildman–Crippen MR) is 286 cm³/mol. The Balaban J connectivity index is 5.80. The molecule has 0 aliphatic rings. The molecule has 4 unspecified atom stereocenters. The second kappa shape index (κ2) is 45.0. The predicted octanol–water partition coefficient (Wildman–Crippen LogP) is 12.1. The van der Waals surface area contributed by atoms with E-state index >= 15 is 0 Å². The van der Waals surface area contributed by atoms with Crippen LogP contribution in [0.1, 0.15) is 216 Å². The van der Waals surface area contributed by atoms with E-state index in [9.17, 15) is 33.6 Å². The molecule has 0 aromatic rings. The van der Waals surface area contributed by atoms with Gasteiger partial charge in [0.1, 0.15) is 26.4 Å². The summed E-state index contributed by atoms with van der Waals surface area (Å²) < 4.78 is 33.9. The summed E-state index contributed by atoms with van der Waals surface area (Å²) in [5.74, 6) is -3.52. The van der Waals surface area contributed by atoms with E-state index in [-0.39, 0.29) is 94.1 Å². The lowest BCUT2D eigenvalue weighted by Crippen LogP contribution is -2.34. The summed E-state index contributed by atoms with van der Waals surface area (Å²) in [4.78, 5) is 95.4. The van der Waals surface area contributed by atoms with Crippen LogP contribution in [0.25, 0.3) is 0 Å². The molecule has 0 aliphatic heterocycles. The number of esters is 6. The molecule has 0 saturated heterocycles. The molecule has 0 aromatic heterocycles. The molecule has 16 heteroatoms. The van der Waals surface area contributed by atoms with Gasteiger partial charge < -0.3 is 38.2 Å². The number of hydrogen-bond donors (Lipinski definition) is 0. The van der Waals surface area contributed by atoms with E-state index in [2.05, 4.69) is 27.7 Å². The van der Waals surface area contributed by atoms with Crippen molar-refractivity contribution in [3.63, 3.8) is 0 Å². The highest BCUT2D eigenvalue weighted by Gasteiger charge is 2.26. The topological polar surface area (TPSA) is 181 Å². The molecule has 0 radical (unpaired) electrons.